The van der Waals surface area contributed by atoms with Crippen molar-refractivity contribution < 1.29 is 37.0 Å². The highest BCUT2D eigenvalue weighted by atomic mass is 35.5. The van der Waals surface area contributed by atoms with E-state index in [1.54, 1.807) is 18.2 Å². The van der Waals surface area contributed by atoms with Gasteiger partial charge in [0.1, 0.15) is 17.6 Å². The van der Waals surface area contributed by atoms with Crippen LogP contribution < -0.4 is 20.1 Å². The molecular formula is C40H59ClN6O8S. The van der Waals surface area contributed by atoms with Crippen LogP contribution in [0.4, 0.5) is 10.5 Å². The van der Waals surface area contributed by atoms with Crippen LogP contribution in [0.15, 0.2) is 41.3 Å². The second-order valence-electron chi connectivity index (χ2n) is 14.3. The van der Waals surface area contributed by atoms with Crippen LogP contribution in [0.25, 0.3) is 4.85 Å². The maximum Gasteiger partial charge on any atom is 0.314 e. The van der Waals surface area contributed by atoms with E-state index in [2.05, 4.69) is 44.1 Å². The van der Waals surface area contributed by atoms with Crippen LogP contribution in [-0.2, 0) is 35.4 Å². The monoisotopic (exact) mass is 818 g/mol. The van der Waals surface area contributed by atoms with Crippen molar-refractivity contribution in [2.45, 2.75) is 81.4 Å². The molecule has 56 heavy (non-hydrogen) atoms. The number of sulfonamides is 1. The van der Waals surface area contributed by atoms with Crippen LogP contribution in [0.2, 0.25) is 5.02 Å². The second-order valence-corrected chi connectivity index (χ2v) is 16.5. The zero-order valence-electron chi connectivity index (χ0n) is 33.0. The maximum absolute atomic E-state index is 13.0. The Morgan fingerprint density at radius 2 is 1.64 bits per heavy atom. The molecule has 14 nitrogen and oxygen atoms in total. The standard InChI is InChI=1S/C40H59ClN6O8S/c1-5-20-52-22-17-44-40(49)43-16-6-10-32(48)11-8-21-53-24-25-54-23-18-45-56(50,51)34-14-12-33(13-15-34)55-39-36-26-30(41)27-37(42-2)35(36)28-38(39)47-19-7-9-31(29-47)46(3)4/h12-15,26-27,31,38-39,45H,5-11,16-25,28-29H2,1,3-4H3,(H2,43,44,49)/t31-,38-,39-/m0/s1. The molecule has 2 aliphatic rings. The quantitative estimate of drug-likeness (QED) is 0.0909. The molecule has 0 aromatic heterocycles. The molecule has 1 saturated heterocycles. The van der Waals surface area contributed by atoms with Crippen molar-refractivity contribution in [2.75, 3.05) is 86.5 Å². The zero-order chi connectivity index (χ0) is 40.3. The molecule has 310 valence electrons. The molecule has 16 heteroatoms. The fourth-order valence-corrected chi connectivity index (χ4v) is 8.17. The number of amides is 2. The van der Waals surface area contributed by atoms with E-state index in [4.69, 9.17) is 37.1 Å². The molecule has 3 N–H and O–H groups in total. The molecule has 4 rings (SSSR count). The molecule has 3 atom stereocenters. The van der Waals surface area contributed by atoms with E-state index in [-0.39, 0.29) is 42.0 Å². The fourth-order valence-electron chi connectivity index (χ4n) is 6.94. The maximum atomic E-state index is 13.0. The van der Waals surface area contributed by atoms with E-state index < -0.39 is 10.0 Å². The summed E-state index contributed by atoms with van der Waals surface area (Å²) in [6.07, 6.45) is 5.42. The van der Waals surface area contributed by atoms with Crippen LogP contribution in [0.1, 0.15) is 69.1 Å². The number of Topliss-reactive ketones (excluding diaryl/α,β-unsaturated/α-hetero) is 1. The smallest absolute Gasteiger partial charge is 0.314 e. The van der Waals surface area contributed by atoms with Gasteiger partial charge >= 0.3 is 6.03 Å². The molecule has 1 aliphatic heterocycles. The lowest BCUT2D eigenvalue weighted by Crippen LogP contribution is -2.51. The van der Waals surface area contributed by atoms with Gasteiger partial charge in [-0.3, -0.25) is 9.69 Å². The van der Waals surface area contributed by atoms with Gasteiger partial charge in [-0.1, -0.05) is 18.5 Å². The van der Waals surface area contributed by atoms with Crippen molar-refractivity contribution in [3.8, 4) is 5.75 Å². The normalized spacial score (nSPS) is 18.4. The van der Waals surface area contributed by atoms with E-state index in [1.807, 2.05) is 13.0 Å². The molecule has 0 unspecified atom stereocenters. The van der Waals surface area contributed by atoms with Crippen molar-refractivity contribution in [3.05, 3.63) is 64.0 Å². The summed E-state index contributed by atoms with van der Waals surface area (Å²) in [4.78, 5) is 32.4. The molecule has 2 amide bonds. The first-order valence-corrected chi connectivity index (χ1v) is 21.5. The Hall–Kier alpha value is -3.33. The Kier molecular flexibility index (Phi) is 19.3. The van der Waals surface area contributed by atoms with Crippen molar-refractivity contribution in [3.63, 3.8) is 0 Å². The van der Waals surface area contributed by atoms with E-state index in [0.717, 1.165) is 43.5 Å². The van der Waals surface area contributed by atoms with Gasteiger partial charge in [-0.2, -0.15) is 0 Å². The summed E-state index contributed by atoms with van der Waals surface area (Å²) < 4.78 is 51.6. The molecule has 0 saturated carbocycles. The average Bonchev–Trinajstić information content (AvgIpc) is 3.54. The minimum Gasteiger partial charge on any atom is -0.484 e. The van der Waals surface area contributed by atoms with Crippen molar-refractivity contribution in [1.29, 1.82) is 0 Å². The highest BCUT2D eigenvalue weighted by Gasteiger charge is 2.41. The van der Waals surface area contributed by atoms with Gasteiger partial charge in [0.2, 0.25) is 10.0 Å². The van der Waals surface area contributed by atoms with E-state index >= 15 is 0 Å². The number of nitrogens with one attached hydrogen (secondary N) is 3. The van der Waals surface area contributed by atoms with Gasteiger partial charge < -0.3 is 34.5 Å². The number of nitrogens with zero attached hydrogens (tertiary/aromatic N) is 3. The van der Waals surface area contributed by atoms with Gasteiger partial charge in [0, 0.05) is 63.3 Å². The molecule has 0 bridgehead atoms. The predicted octanol–water partition coefficient (Wildman–Crippen LogP) is 5.13. The molecule has 1 aliphatic carbocycles. The predicted molar refractivity (Wildman–Crippen MR) is 216 cm³/mol. The fraction of sp³-hybridized carbons (Fsp3) is 0.625. The summed E-state index contributed by atoms with van der Waals surface area (Å²) >= 11 is 6.46. The molecule has 1 fully saturated rings. The van der Waals surface area contributed by atoms with Crippen LogP contribution in [0, 0.1) is 6.57 Å². The number of likely N-dealkylation sites (N-methyl/N-ethyl adjacent to an activating group) is 1. The third kappa shape index (κ3) is 14.6. The van der Waals surface area contributed by atoms with Crippen molar-refractivity contribution in [2.24, 2.45) is 0 Å². The number of fused-ring (bicyclic) bond motifs is 1. The molecule has 2 aromatic carbocycles. The molecular weight excluding hydrogens is 760 g/mol. The number of hydrogen-bond donors (Lipinski definition) is 3. The van der Waals surface area contributed by atoms with Gasteiger partial charge in [0.25, 0.3) is 0 Å². The Labute approximate surface area is 337 Å². The lowest BCUT2D eigenvalue weighted by Gasteiger charge is -2.41. The first-order valence-electron chi connectivity index (χ1n) is 19.7. The summed E-state index contributed by atoms with van der Waals surface area (Å²) in [5.74, 6) is 0.652. The third-order valence-electron chi connectivity index (χ3n) is 9.89. The Morgan fingerprint density at radius 3 is 2.38 bits per heavy atom. The van der Waals surface area contributed by atoms with Crippen LogP contribution in [-0.4, -0.2) is 129 Å². The topological polar surface area (TPSA) is 152 Å². The Balaban J connectivity index is 1.12. The first kappa shape index (κ1) is 45.4. The number of ketones is 1. The molecule has 2 aromatic rings. The second kappa shape index (κ2) is 23.8. The lowest BCUT2D eigenvalue weighted by molar-refractivity contribution is -0.119. The highest BCUT2D eigenvalue weighted by molar-refractivity contribution is 7.89. The number of carbonyl (C=O) groups excluding carboxylic acids is 2. The first-order chi connectivity index (χ1) is 27.0. The van der Waals surface area contributed by atoms with Crippen LogP contribution >= 0.6 is 11.6 Å². The van der Waals surface area contributed by atoms with Crippen molar-refractivity contribution >= 4 is 39.1 Å². The third-order valence-corrected chi connectivity index (χ3v) is 11.6. The van der Waals surface area contributed by atoms with Crippen LogP contribution in [0.3, 0.4) is 0 Å². The van der Waals surface area contributed by atoms with Gasteiger partial charge in [0.15, 0.2) is 5.69 Å². The van der Waals surface area contributed by atoms with Crippen LogP contribution in [0.5, 0.6) is 5.75 Å². The minimum absolute atomic E-state index is 0.0128. The van der Waals surface area contributed by atoms with E-state index in [9.17, 15) is 18.0 Å². The highest BCUT2D eigenvalue weighted by Crippen LogP contribution is 2.44. The number of rotatable bonds is 25. The zero-order valence-corrected chi connectivity index (χ0v) is 34.6. The van der Waals surface area contributed by atoms with Crippen molar-refractivity contribution in [1.82, 2.24) is 25.2 Å². The lowest BCUT2D eigenvalue weighted by atomic mass is 10.0. The van der Waals surface area contributed by atoms with Gasteiger partial charge in [-0.15, -0.1) is 0 Å². The summed E-state index contributed by atoms with van der Waals surface area (Å²) in [6.45, 7) is 14.9. The number of hydrogen-bond acceptors (Lipinski definition) is 10. The molecule has 1 heterocycles. The molecule has 0 spiro atoms. The number of carbonyl (C=O) groups is 2. The Morgan fingerprint density at radius 1 is 0.946 bits per heavy atom. The Bertz CT molecular complexity index is 1690. The summed E-state index contributed by atoms with van der Waals surface area (Å²) in [7, 11) is 0.426. The number of benzene rings is 2. The molecule has 0 radical (unpaired) electrons. The van der Waals surface area contributed by atoms with Gasteiger partial charge in [-0.05, 0) is 107 Å². The van der Waals surface area contributed by atoms with Gasteiger partial charge in [-0.25, -0.2) is 22.8 Å². The summed E-state index contributed by atoms with van der Waals surface area (Å²) in [5, 5.41) is 5.93. The number of urea groups is 1. The SMILES string of the molecule is [C-]#[N+]c1cc(Cl)cc2c1C[C@H](N1CCC[C@H](N(C)C)C1)[C@H]2Oc1ccc(S(=O)(=O)NCCOCCOCCCC(=O)CCCNC(=O)NCCOCCC)cc1. The average molecular weight is 819 g/mol. The van der Waals surface area contributed by atoms with E-state index in [1.165, 1.54) is 12.1 Å². The number of likely N-dealkylation sites (tertiary alicyclic amines) is 1. The minimum atomic E-state index is -3.78. The van der Waals surface area contributed by atoms with Gasteiger partial charge in [0.05, 0.1) is 43.9 Å². The van der Waals surface area contributed by atoms with E-state index in [0.29, 0.717) is 101 Å². The summed E-state index contributed by atoms with van der Waals surface area (Å²) in [6, 6.07) is 10.2. The number of ether oxygens (including phenoxy) is 4. The summed E-state index contributed by atoms with van der Waals surface area (Å²) in [5.41, 5.74) is 2.41. The number of piperidine rings is 1. The largest absolute Gasteiger partial charge is 0.484 e. The number of halogens is 1.